The molecule has 0 aliphatic rings. The van der Waals surface area contributed by atoms with E-state index >= 15 is 0 Å². The lowest BCUT2D eigenvalue weighted by molar-refractivity contribution is -0.161. The first kappa shape index (κ1) is 86.1. The van der Waals surface area contributed by atoms with Crippen LogP contribution in [0, 0.1) is 23.7 Å². The Morgan fingerprint density at radius 1 is 0.318 bits per heavy atom. The number of esters is 4. The molecule has 19 heteroatoms. The fraction of sp³-hybridized carbons (Fsp3) is 0.942. The van der Waals surface area contributed by atoms with Crippen molar-refractivity contribution >= 4 is 39.5 Å². The molecule has 0 amide bonds. The molecule has 0 bridgehead atoms. The molecule has 0 aromatic rings. The Morgan fingerprint density at radius 3 is 0.807 bits per heavy atom. The second-order valence-corrected chi connectivity index (χ2v) is 29.5. The van der Waals surface area contributed by atoms with Crippen molar-refractivity contribution in [2.45, 2.75) is 356 Å². The molecule has 0 fully saturated rings. The first-order valence-electron chi connectivity index (χ1n) is 35.7. The molecule has 0 aromatic carbocycles. The molecule has 0 saturated heterocycles. The Hall–Kier alpha value is -1.94. The molecule has 0 rings (SSSR count). The average molecular weight is 1300 g/mol. The molecule has 6 atom stereocenters. The molecule has 3 N–H and O–H groups in total. The minimum absolute atomic E-state index is 0.101. The number of ether oxygens (including phenoxy) is 4. The highest BCUT2D eigenvalue weighted by Gasteiger charge is 2.30. The van der Waals surface area contributed by atoms with Crippen molar-refractivity contribution in [1.82, 2.24) is 0 Å². The molecular formula is C69H134O17P2. The van der Waals surface area contributed by atoms with Crippen molar-refractivity contribution in [2.75, 3.05) is 39.6 Å². The summed E-state index contributed by atoms with van der Waals surface area (Å²) in [5, 5.41) is 10.6. The molecule has 17 nitrogen and oxygen atoms in total. The Bertz CT molecular complexity index is 1750. The highest BCUT2D eigenvalue weighted by Crippen LogP contribution is 2.45. The fourth-order valence-corrected chi connectivity index (χ4v) is 11.9. The number of rotatable bonds is 66. The van der Waals surface area contributed by atoms with Gasteiger partial charge in [0.2, 0.25) is 0 Å². The summed E-state index contributed by atoms with van der Waals surface area (Å²) in [5.74, 6) is 0.805. The summed E-state index contributed by atoms with van der Waals surface area (Å²) in [6.07, 6.45) is 40.6. The van der Waals surface area contributed by atoms with Crippen LogP contribution < -0.4 is 0 Å². The van der Waals surface area contributed by atoms with Crippen LogP contribution >= 0.6 is 15.6 Å². The minimum atomic E-state index is -4.95. The van der Waals surface area contributed by atoms with Crippen molar-refractivity contribution in [1.29, 1.82) is 0 Å². The van der Waals surface area contributed by atoms with E-state index in [1.807, 2.05) is 0 Å². The lowest BCUT2D eigenvalue weighted by Crippen LogP contribution is -2.30. The zero-order valence-electron chi connectivity index (χ0n) is 57.3. The Balaban J connectivity index is 5.18. The molecule has 0 aliphatic carbocycles. The third kappa shape index (κ3) is 61.6. The number of carbonyl (C=O) groups excluding carboxylic acids is 4. The van der Waals surface area contributed by atoms with E-state index in [-0.39, 0.29) is 25.7 Å². The minimum Gasteiger partial charge on any atom is -0.462 e. The van der Waals surface area contributed by atoms with Crippen LogP contribution in [0.15, 0.2) is 0 Å². The largest absolute Gasteiger partial charge is 0.472 e. The summed E-state index contributed by atoms with van der Waals surface area (Å²) in [6.45, 7) is 14.0. The van der Waals surface area contributed by atoms with Crippen molar-refractivity contribution in [2.24, 2.45) is 23.7 Å². The number of phosphoric ester groups is 2. The first-order chi connectivity index (χ1) is 42.1. The van der Waals surface area contributed by atoms with Crippen molar-refractivity contribution in [3.63, 3.8) is 0 Å². The average Bonchev–Trinajstić information content (AvgIpc) is 3.64. The highest BCUT2D eigenvalue weighted by atomic mass is 31.2. The van der Waals surface area contributed by atoms with E-state index in [0.29, 0.717) is 37.5 Å². The number of hydrogen-bond acceptors (Lipinski definition) is 15. The van der Waals surface area contributed by atoms with E-state index in [9.17, 15) is 43.2 Å². The molecular weight excluding hydrogens is 1160 g/mol. The number of phosphoric acid groups is 2. The molecule has 4 unspecified atom stereocenters. The predicted octanol–water partition coefficient (Wildman–Crippen LogP) is 19.3. The summed E-state index contributed by atoms with van der Waals surface area (Å²) in [4.78, 5) is 72.4. The van der Waals surface area contributed by atoms with Gasteiger partial charge in [-0.25, -0.2) is 9.13 Å². The third-order valence-corrected chi connectivity index (χ3v) is 18.1. The summed E-state index contributed by atoms with van der Waals surface area (Å²) in [5.41, 5.74) is 0. The summed E-state index contributed by atoms with van der Waals surface area (Å²) in [7, 11) is -9.90. The van der Waals surface area contributed by atoms with Gasteiger partial charge in [-0.05, 0) is 49.4 Å². The Morgan fingerprint density at radius 2 is 0.545 bits per heavy atom. The van der Waals surface area contributed by atoms with Gasteiger partial charge < -0.3 is 33.8 Å². The smallest absolute Gasteiger partial charge is 0.462 e. The second-order valence-electron chi connectivity index (χ2n) is 26.6. The van der Waals surface area contributed by atoms with E-state index in [1.165, 1.54) is 135 Å². The molecule has 0 heterocycles. The Labute approximate surface area is 537 Å². The topological polar surface area (TPSA) is 237 Å². The first-order valence-corrected chi connectivity index (χ1v) is 38.7. The SMILES string of the molecule is CCC(C)CCCCCCCCCCCCCCCCC(=O)OC[C@H](COP(=O)(O)OCC(O)COP(=O)(O)OC[C@@H](COC(=O)CCCCCCCCCC(C)C)OC(=O)CCCCCCCCC(C)C)OC(=O)CCCCCCCCCCC(C)C. The molecule has 0 spiro atoms. The quantitative estimate of drug-likeness (QED) is 0.0222. The van der Waals surface area contributed by atoms with Crippen LogP contribution in [0.4, 0.5) is 0 Å². The molecule has 0 aromatic heterocycles. The Kier molecular flexibility index (Phi) is 57.6. The van der Waals surface area contributed by atoms with Gasteiger partial charge in [-0.1, -0.05) is 287 Å². The zero-order valence-corrected chi connectivity index (χ0v) is 59.1. The monoisotopic (exact) mass is 1300 g/mol. The van der Waals surface area contributed by atoms with Crippen molar-refractivity contribution in [3.05, 3.63) is 0 Å². The van der Waals surface area contributed by atoms with Gasteiger partial charge in [0.1, 0.15) is 19.3 Å². The predicted molar refractivity (Wildman–Crippen MR) is 354 cm³/mol. The summed E-state index contributed by atoms with van der Waals surface area (Å²) in [6, 6.07) is 0. The second kappa shape index (κ2) is 58.8. The van der Waals surface area contributed by atoms with Gasteiger partial charge in [-0.3, -0.25) is 37.3 Å². The highest BCUT2D eigenvalue weighted by molar-refractivity contribution is 7.47. The van der Waals surface area contributed by atoms with E-state index < -0.39 is 97.5 Å². The van der Waals surface area contributed by atoms with Crippen molar-refractivity contribution in [3.8, 4) is 0 Å². The molecule has 0 saturated carbocycles. The van der Waals surface area contributed by atoms with Crippen molar-refractivity contribution < 1.29 is 80.2 Å². The van der Waals surface area contributed by atoms with E-state index in [0.717, 1.165) is 108 Å². The van der Waals surface area contributed by atoms with Gasteiger partial charge in [0.25, 0.3) is 0 Å². The lowest BCUT2D eigenvalue weighted by atomic mass is 9.99. The standard InChI is InChI=1S/C69H134O17P2/c1-9-62(8)48-40-32-23-16-14-12-10-11-13-15-17-24-33-41-49-66(71)79-55-64(85-68(73)51-43-35-25-19-18-21-29-37-45-59(2)3)57-83-87(75,76)81-53-63(70)54-82-88(77,78)84-58-65(86-69(74)52-44-36-28-27-31-39-47-61(6)7)56-80-67(72)50-42-34-26-20-22-30-38-46-60(4)5/h59-65,70H,9-58H2,1-8H3,(H,75,76)(H,77,78)/t62?,63?,64-,65-/m1/s1. The van der Waals surface area contributed by atoms with Gasteiger partial charge in [0.05, 0.1) is 26.4 Å². The maximum absolute atomic E-state index is 13.0. The number of aliphatic hydroxyl groups excluding tert-OH is 1. The number of aliphatic hydroxyl groups is 1. The normalized spacial score (nSPS) is 14.6. The van der Waals surface area contributed by atoms with Gasteiger partial charge >= 0.3 is 39.5 Å². The summed E-state index contributed by atoms with van der Waals surface area (Å²) >= 11 is 0. The van der Waals surface area contributed by atoms with Gasteiger partial charge in [0.15, 0.2) is 12.2 Å². The molecule has 88 heavy (non-hydrogen) atoms. The van der Waals surface area contributed by atoms with Gasteiger partial charge in [0, 0.05) is 25.7 Å². The molecule has 0 radical (unpaired) electrons. The molecule has 0 aliphatic heterocycles. The van der Waals surface area contributed by atoms with Crippen LogP contribution in [0.3, 0.4) is 0 Å². The zero-order chi connectivity index (χ0) is 65.4. The van der Waals surface area contributed by atoms with E-state index in [2.05, 4.69) is 55.4 Å². The number of hydrogen-bond donors (Lipinski definition) is 3. The molecule has 522 valence electrons. The number of unbranched alkanes of at least 4 members (excludes halogenated alkanes) is 31. The van der Waals surface area contributed by atoms with Crippen LogP contribution in [-0.2, 0) is 65.4 Å². The van der Waals surface area contributed by atoms with Gasteiger partial charge in [-0.15, -0.1) is 0 Å². The van der Waals surface area contributed by atoms with Crippen LogP contribution in [0.5, 0.6) is 0 Å². The van der Waals surface area contributed by atoms with Crippen LogP contribution in [0.1, 0.15) is 338 Å². The van der Waals surface area contributed by atoms with E-state index in [1.54, 1.807) is 0 Å². The number of carbonyl (C=O) groups is 4. The van der Waals surface area contributed by atoms with Crippen LogP contribution in [0.2, 0.25) is 0 Å². The lowest BCUT2D eigenvalue weighted by Gasteiger charge is -2.21. The van der Waals surface area contributed by atoms with Gasteiger partial charge in [-0.2, -0.15) is 0 Å². The third-order valence-electron chi connectivity index (χ3n) is 16.2. The van der Waals surface area contributed by atoms with Crippen LogP contribution in [0.25, 0.3) is 0 Å². The van der Waals surface area contributed by atoms with Crippen LogP contribution in [-0.4, -0.2) is 96.7 Å². The van der Waals surface area contributed by atoms with E-state index in [4.69, 9.17) is 37.0 Å². The maximum atomic E-state index is 13.0. The maximum Gasteiger partial charge on any atom is 0.472 e. The fourth-order valence-electron chi connectivity index (χ4n) is 10.3. The summed E-state index contributed by atoms with van der Waals surface area (Å²) < 4.78 is 68.1.